The van der Waals surface area contributed by atoms with Crippen molar-refractivity contribution in [1.29, 1.82) is 0 Å². The zero-order valence-corrected chi connectivity index (χ0v) is 18.6. The van der Waals surface area contributed by atoms with E-state index in [0.29, 0.717) is 35.3 Å². The van der Waals surface area contributed by atoms with Crippen molar-refractivity contribution >= 4 is 39.7 Å². The predicted octanol–water partition coefficient (Wildman–Crippen LogP) is 5.84. The number of hydrogen-bond donors (Lipinski definition) is 1. The van der Waals surface area contributed by atoms with E-state index in [1.807, 2.05) is 55.5 Å². The Morgan fingerprint density at radius 2 is 1.87 bits per heavy atom. The minimum absolute atomic E-state index is 0.291. The molecular weight excluding hydrogens is 468 g/mol. The minimum atomic E-state index is -0.291. The van der Waals surface area contributed by atoms with Gasteiger partial charge in [0.2, 0.25) is 0 Å². The van der Waals surface area contributed by atoms with Crippen LogP contribution >= 0.6 is 27.5 Å². The molecule has 154 valence electrons. The summed E-state index contributed by atoms with van der Waals surface area (Å²) in [5, 5.41) is 4.72. The van der Waals surface area contributed by atoms with E-state index in [9.17, 15) is 4.79 Å². The molecule has 3 rings (SSSR count). The number of nitrogens with zero attached hydrogens (tertiary/aromatic N) is 1. The largest absolute Gasteiger partial charge is 0.490 e. The second kappa shape index (κ2) is 10.8. The fourth-order valence-corrected chi connectivity index (χ4v) is 3.12. The Morgan fingerprint density at radius 3 is 2.60 bits per heavy atom. The molecule has 0 saturated heterocycles. The molecule has 7 heteroatoms. The first kappa shape index (κ1) is 21.9. The summed E-state index contributed by atoms with van der Waals surface area (Å²) >= 11 is 9.26. The van der Waals surface area contributed by atoms with Crippen LogP contribution < -0.4 is 14.9 Å². The van der Waals surface area contributed by atoms with Crippen molar-refractivity contribution in [3.05, 3.63) is 92.9 Å². The zero-order chi connectivity index (χ0) is 21.3. The first-order chi connectivity index (χ1) is 14.5. The van der Waals surface area contributed by atoms with Gasteiger partial charge in [-0.3, -0.25) is 4.79 Å². The number of halogens is 2. The molecule has 0 radical (unpaired) electrons. The van der Waals surface area contributed by atoms with Gasteiger partial charge in [0.05, 0.1) is 12.8 Å². The van der Waals surface area contributed by atoms with Gasteiger partial charge in [-0.05, 0) is 66.6 Å². The molecule has 30 heavy (non-hydrogen) atoms. The summed E-state index contributed by atoms with van der Waals surface area (Å²) in [6.07, 6.45) is 1.56. The first-order valence-corrected chi connectivity index (χ1v) is 10.5. The maximum atomic E-state index is 12.2. The minimum Gasteiger partial charge on any atom is -0.490 e. The second-order valence-corrected chi connectivity index (χ2v) is 7.62. The molecule has 3 aromatic rings. The van der Waals surface area contributed by atoms with Gasteiger partial charge in [0.15, 0.2) is 11.5 Å². The van der Waals surface area contributed by atoms with E-state index in [0.717, 1.165) is 15.6 Å². The van der Waals surface area contributed by atoms with Gasteiger partial charge in [-0.1, -0.05) is 45.7 Å². The molecule has 0 unspecified atom stereocenters. The van der Waals surface area contributed by atoms with Crippen molar-refractivity contribution in [1.82, 2.24) is 5.43 Å². The molecule has 0 aromatic heterocycles. The molecule has 0 bridgehead atoms. The number of carbonyl (C=O) groups excluding carboxylic acids is 1. The average molecular weight is 488 g/mol. The van der Waals surface area contributed by atoms with Gasteiger partial charge in [-0.15, -0.1) is 0 Å². The van der Waals surface area contributed by atoms with Crippen molar-refractivity contribution in [3.63, 3.8) is 0 Å². The Morgan fingerprint density at radius 1 is 1.07 bits per heavy atom. The van der Waals surface area contributed by atoms with Gasteiger partial charge in [0.1, 0.15) is 6.61 Å². The maximum Gasteiger partial charge on any atom is 0.271 e. The number of benzene rings is 3. The Labute approximate surface area is 188 Å². The van der Waals surface area contributed by atoms with Crippen molar-refractivity contribution < 1.29 is 14.3 Å². The van der Waals surface area contributed by atoms with Gasteiger partial charge < -0.3 is 9.47 Å². The molecule has 3 aromatic carbocycles. The summed E-state index contributed by atoms with van der Waals surface area (Å²) in [4.78, 5) is 12.2. The summed E-state index contributed by atoms with van der Waals surface area (Å²) in [7, 11) is 0. The molecule has 5 nitrogen and oxygen atoms in total. The third kappa shape index (κ3) is 6.34. The van der Waals surface area contributed by atoms with Gasteiger partial charge in [0, 0.05) is 15.1 Å². The van der Waals surface area contributed by atoms with Gasteiger partial charge in [-0.25, -0.2) is 5.43 Å². The Balaban J connectivity index is 1.65. The molecule has 1 N–H and O–H groups in total. The molecule has 0 saturated carbocycles. The van der Waals surface area contributed by atoms with Crippen LogP contribution in [0.2, 0.25) is 5.02 Å². The summed E-state index contributed by atoms with van der Waals surface area (Å²) in [5.74, 6) is 0.941. The first-order valence-electron chi connectivity index (χ1n) is 9.28. The molecule has 1 amide bonds. The lowest BCUT2D eigenvalue weighted by molar-refractivity contribution is 0.0955. The Bertz CT molecular complexity index is 1040. The topological polar surface area (TPSA) is 59.9 Å². The van der Waals surface area contributed by atoms with Crippen LogP contribution in [0.5, 0.6) is 11.5 Å². The summed E-state index contributed by atoms with van der Waals surface area (Å²) in [5.41, 5.74) is 4.81. The smallest absolute Gasteiger partial charge is 0.271 e. The molecular formula is C23H20BrClN2O3. The Kier molecular flexibility index (Phi) is 7.88. The number of hydrogen-bond acceptors (Lipinski definition) is 4. The van der Waals surface area contributed by atoms with Crippen molar-refractivity contribution in [2.75, 3.05) is 6.61 Å². The monoisotopic (exact) mass is 486 g/mol. The number of ether oxygens (including phenoxy) is 2. The summed E-state index contributed by atoms with van der Waals surface area (Å²) in [6.45, 7) is 2.80. The highest BCUT2D eigenvalue weighted by Crippen LogP contribution is 2.29. The van der Waals surface area contributed by atoms with Gasteiger partial charge in [-0.2, -0.15) is 5.10 Å². The number of amides is 1. The predicted molar refractivity (Wildman–Crippen MR) is 123 cm³/mol. The van der Waals surface area contributed by atoms with Crippen LogP contribution in [0.1, 0.15) is 28.4 Å². The van der Waals surface area contributed by atoms with Crippen molar-refractivity contribution in [2.45, 2.75) is 13.5 Å². The van der Waals surface area contributed by atoms with E-state index < -0.39 is 0 Å². The van der Waals surface area contributed by atoms with E-state index in [1.54, 1.807) is 24.4 Å². The average Bonchev–Trinajstić information content (AvgIpc) is 2.74. The highest BCUT2D eigenvalue weighted by molar-refractivity contribution is 9.10. The van der Waals surface area contributed by atoms with E-state index in [1.165, 1.54) is 0 Å². The van der Waals surface area contributed by atoms with E-state index in [2.05, 4.69) is 26.5 Å². The SMILES string of the molecule is CCOc1cc(/C=N\NC(=O)c2cccc(Br)c2)ccc1OCc1ccc(Cl)cc1. The van der Waals surface area contributed by atoms with Crippen LogP contribution in [-0.2, 0) is 6.61 Å². The van der Waals surface area contributed by atoms with Crippen LogP contribution in [0.25, 0.3) is 0 Å². The van der Waals surface area contributed by atoms with Crippen LogP contribution in [-0.4, -0.2) is 18.7 Å². The lowest BCUT2D eigenvalue weighted by atomic mass is 10.2. The van der Waals surface area contributed by atoms with Crippen molar-refractivity contribution in [3.8, 4) is 11.5 Å². The fourth-order valence-electron chi connectivity index (χ4n) is 2.59. The highest BCUT2D eigenvalue weighted by atomic mass is 79.9. The zero-order valence-electron chi connectivity index (χ0n) is 16.3. The molecule has 0 spiro atoms. The fraction of sp³-hybridized carbons (Fsp3) is 0.130. The quantitative estimate of drug-likeness (QED) is 0.320. The third-order valence-corrected chi connectivity index (χ3v) is 4.79. The lowest BCUT2D eigenvalue weighted by Crippen LogP contribution is -2.17. The molecule has 0 aliphatic carbocycles. The molecule has 0 aliphatic heterocycles. The number of carbonyl (C=O) groups is 1. The van der Waals surface area contributed by atoms with Crippen LogP contribution in [0, 0.1) is 0 Å². The maximum absolute atomic E-state index is 12.2. The van der Waals surface area contributed by atoms with Gasteiger partial charge >= 0.3 is 0 Å². The molecule has 0 atom stereocenters. The highest BCUT2D eigenvalue weighted by Gasteiger charge is 2.07. The van der Waals surface area contributed by atoms with E-state index in [-0.39, 0.29) is 5.91 Å². The third-order valence-electron chi connectivity index (χ3n) is 4.04. The standard InChI is InChI=1S/C23H20BrClN2O3/c1-2-29-22-12-17(14-26-27-23(28)18-4-3-5-19(24)13-18)8-11-21(22)30-15-16-6-9-20(25)10-7-16/h3-14H,2,15H2,1H3,(H,27,28)/b26-14-. The normalized spacial score (nSPS) is 10.8. The second-order valence-electron chi connectivity index (χ2n) is 6.26. The van der Waals surface area contributed by atoms with Crippen LogP contribution in [0.4, 0.5) is 0 Å². The molecule has 0 heterocycles. The Hall–Kier alpha value is -2.83. The molecule has 0 fully saturated rings. The van der Waals surface area contributed by atoms with Crippen molar-refractivity contribution in [2.24, 2.45) is 5.10 Å². The number of hydrazone groups is 1. The molecule has 0 aliphatic rings. The van der Waals surface area contributed by atoms with E-state index >= 15 is 0 Å². The van der Waals surface area contributed by atoms with E-state index in [4.69, 9.17) is 21.1 Å². The van der Waals surface area contributed by atoms with Gasteiger partial charge in [0.25, 0.3) is 5.91 Å². The lowest BCUT2D eigenvalue weighted by Gasteiger charge is -2.12. The summed E-state index contributed by atoms with van der Waals surface area (Å²) < 4.78 is 12.4. The summed E-state index contributed by atoms with van der Waals surface area (Å²) in [6, 6.07) is 20.0. The number of nitrogens with one attached hydrogen (secondary N) is 1. The number of rotatable bonds is 8. The van der Waals surface area contributed by atoms with Crippen LogP contribution in [0.3, 0.4) is 0 Å². The van der Waals surface area contributed by atoms with Crippen LogP contribution in [0.15, 0.2) is 76.3 Å².